The monoisotopic (exact) mass is 382 g/mol. The van der Waals surface area contributed by atoms with Gasteiger partial charge in [0, 0.05) is 5.54 Å². The number of para-hydroxylation sites is 1. The van der Waals surface area contributed by atoms with Gasteiger partial charge in [0.15, 0.2) is 6.10 Å². The largest absolute Gasteiger partial charge is 0.481 e. The second-order valence-electron chi connectivity index (χ2n) is 8.22. The summed E-state index contributed by atoms with van der Waals surface area (Å²) in [5.41, 5.74) is 1.72. The maximum Gasteiger partial charge on any atom is 0.265 e. The van der Waals surface area contributed by atoms with E-state index in [4.69, 9.17) is 4.74 Å². The Bertz CT molecular complexity index is 820. The molecule has 2 aromatic rings. The lowest BCUT2D eigenvalue weighted by atomic mass is 10.0. The Morgan fingerprint density at radius 2 is 1.54 bits per heavy atom. The van der Waals surface area contributed by atoms with E-state index in [9.17, 15) is 9.59 Å². The van der Waals surface area contributed by atoms with Crippen LogP contribution in [-0.4, -0.2) is 23.5 Å². The van der Waals surface area contributed by atoms with Gasteiger partial charge in [-0.05, 0) is 63.4 Å². The lowest BCUT2D eigenvalue weighted by Gasteiger charge is -2.22. The van der Waals surface area contributed by atoms with Crippen molar-refractivity contribution in [2.75, 3.05) is 5.32 Å². The van der Waals surface area contributed by atoms with Gasteiger partial charge >= 0.3 is 0 Å². The number of rotatable bonds is 6. The van der Waals surface area contributed by atoms with Crippen molar-refractivity contribution in [1.29, 1.82) is 0 Å². The molecule has 0 saturated carbocycles. The molecule has 28 heavy (non-hydrogen) atoms. The first-order valence-electron chi connectivity index (χ1n) is 9.56. The molecule has 0 aliphatic carbocycles. The van der Waals surface area contributed by atoms with Gasteiger partial charge in [-0.2, -0.15) is 0 Å². The lowest BCUT2D eigenvalue weighted by Crippen LogP contribution is -2.41. The van der Waals surface area contributed by atoms with E-state index in [1.165, 1.54) is 5.56 Å². The molecule has 2 rings (SSSR count). The van der Waals surface area contributed by atoms with Crippen molar-refractivity contribution in [3.63, 3.8) is 0 Å². The lowest BCUT2D eigenvalue weighted by molar-refractivity contribution is -0.122. The molecule has 2 aromatic carbocycles. The third kappa shape index (κ3) is 6.12. The van der Waals surface area contributed by atoms with Crippen LogP contribution in [0, 0.1) is 0 Å². The Morgan fingerprint density at radius 1 is 0.929 bits per heavy atom. The molecule has 0 aromatic heterocycles. The van der Waals surface area contributed by atoms with Crippen molar-refractivity contribution in [1.82, 2.24) is 5.32 Å². The number of amides is 2. The summed E-state index contributed by atoms with van der Waals surface area (Å²) in [6.45, 7) is 11.7. The quantitative estimate of drug-likeness (QED) is 0.758. The van der Waals surface area contributed by atoms with Crippen molar-refractivity contribution in [2.24, 2.45) is 0 Å². The highest BCUT2D eigenvalue weighted by Gasteiger charge is 2.21. The second-order valence-corrected chi connectivity index (χ2v) is 8.22. The Balaban J connectivity index is 2.07. The third-order valence-corrected chi connectivity index (χ3v) is 4.15. The molecule has 1 unspecified atom stereocenters. The van der Waals surface area contributed by atoms with Crippen LogP contribution in [0.5, 0.6) is 5.75 Å². The summed E-state index contributed by atoms with van der Waals surface area (Å²) >= 11 is 0. The average molecular weight is 383 g/mol. The van der Waals surface area contributed by atoms with E-state index in [1.54, 1.807) is 31.2 Å². The minimum absolute atomic E-state index is 0.235. The maximum absolute atomic E-state index is 12.6. The highest BCUT2D eigenvalue weighted by Crippen LogP contribution is 2.21. The molecule has 0 bridgehead atoms. The summed E-state index contributed by atoms with van der Waals surface area (Å²) in [5.74, 6) is 0.515. The van der Waals surface area contributed by atoms with Crippen LogP contribution in [0.3, 0.4) is 0 Å². The molecule has 1 atom stereocenters. The van der Waals surface area contributed by atoms with Gasteiger partial charge in [-0.15, -0.1) is 0 Å². The van der Waals surface area contributed by atoms with Crippen LogP contribution in [0.25, 0.3) is 0 Å². The number of ether oxygens (including phenoxy) is 1. The number of anilines is 1. The molecule has 150 valence electrons. The van der Waals surface area contributed by atoms with Crippen molar-refractivity contribution in [3.05, 3.63) is 59.7 Å². The zero-order chi connectivity index (χ0) is 20.9. The number of carbonyl (C=O) groups is 2. The first kappa shape index (κ1) is 21.5. The zero-order valence-corrected chi connectivity index (χ0v) is 17.5. The van der Waals surface area contributed by atoms with Crippen LogP contribution in [-0.2, 0) is 4.79 Å². The Labute approximate surface area is 167 Å². The van der Waals surface area contributed by atoms with Crippen molar-refractivity contribution < 1.29 is 14.3 Å². The van der Waals surface area contributed by atoms with E-state index in [2.05, 4.69) is 24.5 Å². The van der Waals surface area contributed by atoms with Gasteiger partial charge in [0.25, 0.3) is 11.8 Å². The summed E-state index contributed by atoms with van der Waals surface area (Å²) in [7, 11) is 0. The first-order chi connectivity index (χ1) is 13.1. The van der Waals surface area contributed by atoms with Gasteiger partial charge in [0.05, 0.1) is 11.3 Å². The maximum atomic E-state index is 12.6. The SMILES string of the molecule is CC(Oc1ccc(C(C)C)cc1)C(=O)Nc1ccccc1C(=O)NC(C)(C)C. The molecule has 0 heterocycles. The van der Waals surface area contributed by atoms with E-state index >= 15 is 0 Å². The predicted octanol–water partition coefficient (Wildman–Crippen LogP) is 4.74. The normalized spacial score (nSPS) is 12.4. The average Bonchev–Trinajstić information content (AvgIpc) is 2.61. The van der Waals surface area contributed by atoms with E-state index in [-0.39, 0.29) is 17.4 Å². The van der Waals surface area contributed by atoms with Gasteiger partial charge in [-0.25, -0.2) is 0 Å². The Kier molecular flexibility index (Phi) is 6.84. The number of hydrogen-bond donors (Lipinski definition) is 2. The zero-order valence-electron chi connectivity index (χ0n) is 17.5. The van der Waals surface area contributed by atoms with Gasteiger partial charge in [-0.3, -0.25) is 9.59 Å². The molecular weight excluding hydrogens is 352 g/mol. The highest BCUT2D eigenvalue weighted by molar-refractivity contribution is 6.04. The van der Waals surface area contributed by atoms with Crippen LogP contribution in [0.15, 0.2) is 48.5 Å². The van der Waals surface area contributed by atoms with Crippen LogP contribution in [0.2, 0.25) is 0 Å². The van der Waals surface area contributed by atoms with Crippen molar-refractivity contribution in [2.45, 2.75) is 59.1 Å². The molecule has 5 nitrogen and oxygen atoms in total. The second kappa shape index (κ2) is 8.91. The predicted molar refractivity (Wildman–Crippen MR) is 113 cm³/mol. The summed E-state index contributed by atoms with van der Waals surface area (Å²) in [4.78, 5) is 25.1. The van der Waals surface area contributed by atoms with Gasteiger partial charge in [0.2, 0.25) is 0 Å². The molecule has 0 aliphatic heterocycles. The first-order valence-corrected chi connectivity index (χ1v) is 9.56. The molecular formula is C23H30N2O3. The van der Waals surface area contributed by atoms with Crippen molar-refractivity contribution >= 4 is 17.5 Å². The standard InChI is InChI=1S/C23H30N2O3/c1-15(2)17-11-13-18(14-12-17)28-16(3)21(26)24-20-10-8-7-9-19(20)22(27)25-23(4,5)6/h7-16H,1-6H3,(H,24,26)(H,25,27). The van der Waals surface area contributed by atoms with E-state index in [0.717, 1.165) is 0 Å². The number of nitrogens with one attached hydrogen (secondary N) is 2. The molecule has 0 spiro atoms. The molecule has 5 heteroatoms. The smallest absolute Gasteiger partial charge is 0.265 e. The van der Waals surface area contributed by atoms with E-state index in [1.807, 2.05) is 45.0 Å². The molecule has 0 saturated heterocycles. The van der Waals surface area contributed by atoms with Gasteiger partial charge < -0.3 is 15.4 Å². The topological polar surface area (TPSA) is 67.4 Å². The summed E-state index contributed by atoms with van der Waals surface area (Å²) in [6.07, 6.45) is -0.705. The minimum atomic E-state index is -0.705. The summed E-state index contributed by atoms with van der Waals surface area (Å²) in [6, 6.07) is 14.7. The highest BCUT2D eigenvalue weighted by atomic mass is 16.5. The van der Waals surface area contributed by atoms with E-state index in [0.29, 0.717) is 22.9 Å². The van der Waals surface area contributed by atoms with Crippen LogP contribution in [0.4, 0.5) is 5.69 Å². The fourth-order valence-corrected chi connectivity index (χ4v) is 2.62. The van der Waals surface area contributed by atoms with Gasteiger partial charge in [0.1, 0.15) is 5.75 Å². The van der Waals surface area contributed by atoms with Crippen LogP contribution < -0.4 is 15.4 Å². The molecule has 0 radical (unpaired) electrons. The molecule has 0 fully saturated rings. The third-order valence-electron chi connectivity index (χ3n) is 4.15. The van der Waals surface area contributed by atoms with E-state index < -0.39 is 6.10 Å². The fourth-order valence-electron chi connectivity index (χ4n) is 2.62. The van der Waals surface area contributed by atoms with Crippen LogP contribution >= 0.6 is 0 Å². The van der Waals surface area contributed by atoms with Crippen molar-refractivity contribution in [3.8, 4) is 5.75 Å². The van der Waals surface area contributed by atoms with Gasteiger partial charge in [-0.1, -0.05) is 38.1 Å². The number of carbonyl (C=O) groups excluding carboxylic acids is 2. The Hall–Kier alpha value is -2.82. The van der Waals surface area contributed by atoms with Crippen LogP contribution in [0.1, 0.15) is 63.4 Å². The Morgan fingerprint density at radius 3 is 2.11 bits per heavy atom. The number of hydrogen-bond acceptors (Lipinski definition) is 3. The fraction of sp³-hybridized carbons (Fsp3) is 0.391. The molecule has 0 aliphatic rings. The summed E-state index contributed by atoms with van der Waals surface area (Å²) < 4.78 is 5.75. The molecule has 2 N–H and O–H groups in total. The molecule has 2 amide bonds. The summed E-state index contributed by atoms with van der Waals surface area (Å²) in [5, 5.41) is 5.71. The minimum Gasteiger partial charge on any atom is -0.481 e. The number of benzene rings is 2.